The molecule has 0 bridgehead atoms. The fourth-order valence-electron chi connectivity index (χ4n) is 1.89. The van der Waals surface area contributed by atoms with E-state index in [0.717, 1.165) is 11.4 Å². The number of nitrogens with zero attached hydrogens (tertiary/aromatic N) is 3. The first kappa shape index (κ1) is 12.7. The normalized spacial score (nSPS) is 10.5. The highest BCUT2D eigenvalue weighted by molar-refractivity contribution is 6.30. The summed E-state index contributed by atoms with van der Waals surface area (Å²) in [5.74, 6) is 2.10. The number of rotatable bonds is 3. The molecule has 20 heavy (non-hydrogen) atoms. The Labute approximate surface area is 121 Å². The molecule has 3 aromatic rings. The van der Waals surface area contributed by atoms with E-state index in [1.165, 1.54) is 0 Å². The van der Waals surface area contributed by atoms with Crippen LogP contribution in [-0.4, -0.2) is 14.5 Å². The molecule has 2 aromatic heterocycles. The largest absolute Gasteiger partial charge is 0.439 e. The molecule has 5 heteroatoms. The molecule has 0 aliphatic rings. The second kappa shape index (κ2) is 5.35. The van der Waals surface area contributed by atoms with E-state index in [4.69, 9.17) is 16.3 Å². The van der Waals surface area contributed by atoms with Crippen LogP contribution in [0.15, 0.2) is 55.0 Å². The third kappa shape index (κ3) is 2.65. The van der Waals surface area contributed by atoms with Gasteiger partial charge in [0.05, 0.1) is 5.02 Å². The van der Waals surface area contributed by atoms with Crippen LogP contribution in [0.1, 0.15) is 0 Å². The number of ether oxygens (including phenoxy) is 1. The summed E-state index contributed by atoms with van der Waals surface area (Å²) in [7, 11) is 1.95. The number of pyridine rings is 1. The Kier molecular flexibility index (Phi) is 3.39. The number of aryl methyl sites for hydroxylation is 1. The Bertz CT molecular complexity index is 722. The van der Waals surface area contributed by atoms with Crippen molar-refractivity contribution in [1.82, 2.24) is 14.5 Å². The summed E-state index contributed by atoms with van der Waals surface area (Å²) in [6, 6.07) is 11.2. The highest BCUT2D eigenvalue weighted by atomic mass is 35.5. The average Bonchev–Trinajstić information content (AvgIpc) is 2.88. The molecule has 0 saturated carbocycles. The van der Waals surface area contributed by atoms with Crippen molar-refractivity contribution < 1.29 is 4.74 Å². The summed E-state index contributed by atoms with van der Waals surface area (Å²) in [6.07, 6.45) is 5.23. The van der Waals surface area contributed by atoms with Crippen molar-refractivity contribution in [1.29, 1.82) is 0 Å². The predicted molar refractivity (Wildman–Crippen MR) is 78.0 cm³/mol. The molecule has 0 fully saturated rings. The predicted octanol–water partition coefficient (Wildman–Crippen LogP) is 3.93. The van der Waals surface area contributed by atoms with E-state index >= 15 is 0 Å². The monoisotopic (exact) mass is 285 g/mol. The van der Waals surface area contributed by atoms with Gasteiger partial charge in [-0.15, -0.1) is 0 Å². The topological polar surface area (TPSA) is 39.9 Å². The summed E-state index contributed by atoms with van der Waals surface area (Å²) in [5.41, 5.74) is 0.990. The molecule has 100 valence electrons. The zero-order chi connectivity index (χ0) is 13.9. The lowest BCUT2D eigenvalue weighted by atomic mass is 10.2. The highest BCUT2D eigenvalue weighted by Crippen LogP contribution is 2.25. The van der Waals surface area contributed by atoms with Crippen LogP contribution in [0.4, 0.5) is 0 Å². The summed E-state index contributed by atoms with van der Waals surface area (Å²) >= 11 is 5.80. The van der Waals surface area contributed by atoms with Gasteiger partial charge in [0.2, 0.25) is 5.88 Å². The van der Waals surface area contributed by atoms with Gasteiger partial charge in [-0.25, -0.2) is 9.97 Å². The molecule has 0 saturated heterocycles. The van der Waals surface area contributed by atoms with Crippen molar-refractivity contribution in [3.63, 3.8) is 0 Å². The molecule has 3 rings (SSSR count). The zero-order valence-corrected chi connectivity index (χ0v) is 11.6. The number of hydrogen-bond donors (Lipinski definition) is 0. The molecular formula is C15H12ClN3O. The second-order valence-corrected chi connectivity index (χ2v) is 4.74. The van der Waals surface area contributed by atoms with E-state index in [9.17, 15) is 0 Å². The number of halogens is 1. The summed E-state index contributed by atoms with van der Waals surface area (Å²) < 4.78 is 7.66. The van der Waals surface area contributed by atoms with E-state index in [1.807, 2.05) is 42.1 Å². The van der Waals surface area contributed by atoms with E-state index in [1.54, 1.807) is 24.5 Å². The van der Waals surface area contributed by atoms with E-state index < -0.39 is 0 Å². The quantitative estimate of drug-likeness (QED) is 0.732. The van der Waals surface area contributed by atoms with Gasteiger partial charge in [-0.1, -0.05) is 23.7 Å². The maximum absolute atomic E-state index is 5.80. The molecule has 0 atom stereocenters. The smallest absolute Gasteiger partial charge is 0.219 e. The molecule has 0 spiro atoms. The molecule has 1 aromatic carbocycles. The number of imidazole rings is 1. The minimum Gasteiger partial charge on any atom is -0.439 e. The molecular weight excluding hydrogens is 274 g/mol. The van der Waals surface area contributed by atoms with Gasteiger partial charge < -0.3 is 9.30 Å². The van der Waals surface area contributed by atoms with Gasteiger partial charge in [0.15, 0.2) is 0 Å². The molecule has 0 unspecified atom stereocenters. The number of hydrogen-bond acceptors (Lipinski definition) is 3. The van der Waals surface area contributed by atoms with Crippen LogP contribution in [0.2, 0.25) is 5.02 Å². The fraction of sp³-hybridized carbons (Fsp3) is 0.0667. The van der Waals surface area contributed by atoms with Gasteiger partial charge in [-0.2, -0.15) is 0 Å². The van der Waals surface area contributed by atoms with Gasteiger partial charge in [0, 0.05) is 37.3 Å². The molecule has 0 aliphatic heterocycles. The maximum Gasteiger partial charge on any atom is 0.219 e. The Morgan fingerprint density at radius 1 is 1.15 bits per heavy atom. The Morgan fingerprint density at radius 2 is 2.05 bits per heavy atom. The van der Waals surface area contributed by atoms with Crippen molar-refractivity contribution in [2.24, 2.45) is 7.05 Å². The lowest BCUT2D eigenvalue weighted by Crippen LogP contribution is -1.92. The van der Waals surface area contributed by atoms with Crippen LogP contribution >= 0.6 is 11.6 Å². The van der Waals surface area contributed by atoms with Crippen LogP contribution < -0.4 is 4.74 Å². The van der Waals surface area contributed by atoms with Crippen LogP contribution in [0.5, 0.6) is 11.6 Å². The summed E-state index contributed by atoms with van der Waals surface area (Å²) in [6.45, 7) is 0. The Hall–Kier alpha value is -2.33. The van der Waals surface area contributed by atoms with E-state index in [0.29, 0.717) is 16.7 Å². The van der Waals surface area contributed by atoms with E-state index in [2.05, 4.69) is 9.97 Å². The SMILES string of the molecule is Cn1ccnc1-c1cccc(Oc2ccc(Cl)cn2)c1. The van der Waals surface area contributed by atoms with Crippen LogP contribution in [0, 0.1) is 0 Å². The van der Waals surface area contributed by atoms with Gasteiger partial charge in [0.1, 0.15) is 11.6 Å². The molecule has 0 aliphatic carbocycles. The van der Waals surface area contributed by atoms with Crippen molar-refractivity contribution in [3.8, 4) is 23.0 Å². The molecule has 0 amide bonds. The average molecular weight is 286 g/mol. The second-order valence-electron chi connectivity index (χ2n) is 4.31. The number of benzene rings is 1. The van der Waals surface area contributed by atoms with Crippen LogP contribution in [-0.2, 0) is 7.05 Å². The molecule has 0 radical (unpaired) electrons. The van der Waals surface area contributed by atoms with Crippen molar-refractivity contribution in [2.45, 2.75) is 0 Å². The van der Waals surface area contributed by atoms with Gasteiger partial charge >= 0.3 is 0 Å². The Morgan fingerprint density at radius 3 is 2.75 bits per heavy atom. The minimum absolute atomic E-state index is 0.506. The maximum atomic E-state index is 5.80. The molecule has 4 nitrogen and oxygen atoms in total. The molecule has 2 heterocycles. The first-order chi connectivity index (χ1) is 9.72. The van der Waals surface area contributed by atoms with E-state index in [-0.39, 0.29) is 0 Å². The Balaban J connectivity index is 1.88. The van der Waals surface area contributed by atoms with Crippen molar-refractivity contribution >= 4 is 11.6 Å². The third-order valence-corrected chi connectivity index (χ3v) is 3.06. The highest BCUT2D eigenvalue weighted by Gasteiger charge is 2.05. The fourth-order valence-corrected chi connectivity index (χ4v) is 2.00. The summed E-state index contributed by atoms with van der Waals surface area (Å²) in [5, 5.41) is 0.583. The van der Waals surface area contributed by atoms with Crippen molar-refractivity contribution in [2.75, 3.05) is 0 Å². The van der Waals surface area contributed by atoms with Gasteiger partial charge in [0.25, 0.3) is 0 Å². The lowest BCUT2D eigenvalue weighted by Gasteiger charge is -2.07. The molecule has 0 N–H and O–H groups in total. The standard InChI is InChI=1S/C15H12ClN3O/c1-19-8-7-17-15(19)11-3-2-4-13(9-11)20-14-6-5-12(16)10-18-14/h2-10H,1H3. The lowest BCUT2D eigenvalue weighted by molar-refractivity contribution is 0.463. The number of aromatic nitrogens is 3. The van der Waals surface area contributed by atoms with Crippen molar-refractivity contribution in [3.05, 3.63) is 60.0 Å². The zero-order valence-electron chi connectivity index (χ0n) is 10.8. The first-order valence-corrected chi connectivity index (χ1v) is 6.47. The van der Waals surface area contributed by atoms with Gasteiger partial charge in [-0.05, 0) is 18.2 Å². The minimum atomic E-state index is 0.506. The summed E-state index contributed by atoms with van der Waals surface area (Å²) in [4.78, 5) is 8.43. The first-order valence-electron chi connectivity index (χ1n) is 6.09. The third-order valence-electron chi connectivity index (χ3n) is 2.84. The van der Waals surface area contributed by atoms with Crippen LogP contribution in [0.3, 0.4) is 0 Å². The van der Waals surface area contributed by atoms with Gasteiger partial charge in [-0.3, -0.25) is 0 Å². The van der Waals surface area contributed by atoms with Crippen LogP contribution in [0.25, 0.3) is 11.4 Å².